The molecule has 1 aromatic heterocycles. The van der Waals surface area contributed by atoms with Crippen LogP contribution in [0.5, 0.6) is 11.6 Å². The Hall–Kier alpha value is -1.92. The topological polar surface area (TPSA) is 45.7 Å². The highest BCUT2D eigenvalue weighted by Crippen LogP contribution is 2.25. The number of piperazine rings is 1. The van der Waals surface area contributed by atoms with Crippen LogP contribution in [0.15, 0.2) is 47.1 Å². The van der Waals surface area contributed by atoms with Gasteiger partial charge in [-0.05, 0) is 37.1 Å². The number of benzene rings is 1. The van der Waals surface area contributed by atoms with Crippen LogP contribution in [0.2, 0.25) is 0 Å². The highest BCUT2D eigenvalue weighted by Gasteiger charge is 2.28. The largest absolute Gasteiger partial charge is 0.439 e. The van der Waals surface area contributed by atoms with Gasteiger partial charge in [0.05, 0.1) is 5.56 Å². The fourth-order valence-electron chi connectivity index (χ4n) is 3.96. The lowest BCUT2D eigenvalue weighted by molar-refractivity contribution is 0.0573. The molecule has 1 amide bonds. The number of rotatable bonds is 4. The first-order valence-corrected chi connectivity index (χ1v) is 10.4. The molecule has 0 spiro atoms. The number of amides is 1. The van der Waals surface area contributed by atoms with Crippen LogP contribution in [0.4, 0.5) is 0 Å². The second kappa shape index (κ2) is 8.40. The minimum Gasteiger partial charge on any atom is -0.439 e. The van der Waals surface area contributed by atoms with Crippen molar-refractivity contribution < 1.29 is 9.53 Å². The molecule has 27 heavy (non-hydrogen) atoms. The predicted octanol–water partition coefficient (Wildman–Crippen LogP) is 4.34. The number of carbonyl (C=O) groups excluding carboxylic acids is 1. The van der Waals surface area contributed by atoms with E-state index in [4.69, 9.17) is 4.74 Å². The van der Waals surface area contributed by atoms with Gasteiger partial charge in [-0.25, -0.2) is 4.98 Å². The molecule has 4 rings (SSSR count). The van der Waals surface area contributed by atoms with E-state index in [-0.39, 0.29) is 5.91 Å². The first-order valence-electron chi connectivity index (χ1n) is 9.62. The van der Waals surface area contributed by atoms with Gasteiger partial charge in [0.25, 0.3) is 5.91 Å². The summed E-state index contributed by atoms with van der Waals surface area (Å²) in [6.45, 7) is 3.55. The first kappa shape index (κ1) is 18.4. The molecule has 1 aromatic carbocycles. The van der Waals surface area contributed by atoms with Crippen molar-refractivity contribution in [3.05, 3.63) is 52.6 Å². The Labute approximate surface area is 168 Å². The van der Waals surface area contributed by atoms with Gasteiger partial charge in [0.1, 0.15) is 5.75 Å². The molecule has 1 saturated carbocycles. The molecule has 1 saturated heterocycles. The van der Waals surface area contributed by atoms with Crippen LogP contribution in [-0.2, 0) is 0 Å². The Morgan fingerprint density at radius 1 is 1.07 bits per heavy atom. The smallest absolute Gasteiger partial charge is 0.255 e. The molecule has 5 nitrogen and oxygen atoms in total. The second-order valence-electron chi connectivity index (χ2n) is 7.21. The fraction of sp³-hybridized carbons (Fsp3) is 0.429. The molecule has 1 aliphatic carbocycles. The Bertz CT molecular complexity index is 782. The Morgan fingerprint density at radius 3 is 2.52 bits per heavy atom. The Kier molecular flexibility index (Phi) is 5.74. The number of hydrogen-bond acceptors (Lipinski definition) is 4. The molecule has 2 fully saturated rings. The third kappa shape index (κ3) is 4.50. The van der Waals surface area contributed by atoms with Crippen LogP contribution < -0.4 is 4.74 Å². The van der Waals surface area contributed by atoms with E-state index in [0.717, 1.165) is 36.7 Å². The van der Waals surface area contributed by atoms with E-state index in [0.29, 0.717) is 17.2 Å². The molecule has 0 unspecified atom stereocenters. The maximum atomic E-state index is 12.8. The average Bonchev–Trinajstić information content (AvgIpc) is 3.23. The molecule has 0 bridgehead atoms. The fourth-order valence-corrected chi connectivity index (χ4v) is 4.34. The molecule has 6 heteroatoms. The summed E-state index contributed by atoms with van der Waals surface area (Å²) >= 11 is 3.42. The first-order chi connectivity index (χ1) is 13.2. The van der Waals surface area contributed by atoms with E-state index in [1.807, 2.05) is 29.2 Å². The number of nitrogens with zero attached hydrogens (tertiary/aromatic N) is 3. The molecule has 0 radical (unpaired) electrons. The highest BCUT2D eigenvalue weighted by molar-refractivity contribution is 9.10. The summed E-state index contributed by atoms with van der Waals surface area (Å²) in [6.07, 6.45) is 6.95. The monoisotopic (exact) mass is 429 g/mol. The van der Waals surface area contributed by atoms with Crippen molar-refractivity contribution in [1.82, 2.24) is 14.8 Å². The summed E-state index contributed by atoms with van der Waals surface area (Å²) in [6, 6.07) is 11.9. The number of pyridine rings is 1. The van der Waals surface area contributed by atoms with Crippen molar-refractivity contribution in [2.24, 2.45) is 0 Å². The lowest BCUT2D eigenvalue weighted by Crippen LogP contribution is -2.51. The van der Waals surface area contributed by atoms with E-state index < -0.39 is 0 Å². The Balaban J connectivity index is 1.34. The number of carbonyl (C=O) groups is 1. The van der Waals surface area contributed by atoms with E-state index in [1.165, 1.54) is 25.7 Å². The summed E-state index contributed by atoms with van der Waals surface area (Å²) in [4.78, 5) is 21.6. The lowest BCUT2D eigenvalue weighted by atomic mass is 10.1. The third-order valence-electron chi connectivity index (χ3n) is 5.44. The van der Waals surface area contributed by atoms with Gasteiger partial charge in [0.15, 0.2) is 0 Å². The number of ether oxygens (including phenoxy) is 1. The maximum Gasteiger partial charge on any atom is 0.255 e. The summed E-state index contributed by atoms with van der Waals surface area (Å²) in [7, 11) is 0. The van der Waals surface area contributed by atoms with Gasteiger partial charge in [-0.1, -0.05) is 34.8 Å². The minimum atomic E-state index is 0.0579. The van der Waals surface area contributed by atoms with E-state index in [1.54, 1.807) is 18.3 Å². The van der Waals surface area contributed by atoms with Crippen molar-refractivity contribution in [3.8, 4) is 11.6 Å². The molecule has 142 valence electrons. The maximum absolute atomic E-state index is 12.8. The molecular weight excluding hydrogens is 406 g/mol. The van der Waals surface area contributed by atoms with Gasteiger partial charge in [-0.3, -0.25) is 9.69 Å². The molecule has 1 aliphatic heterocycles. The van der Waals surface area contributed by atoms with Crippen LogP contribution in [0.3, 0.4) is 0 Å². The normalized spacial score (nSPS) is 18.6. The molecule has 2 aromatic rings. The van der Waals surface area contributed by atoms with Gasteiger partial charge in [-0.15, -0.1) is 0 Å². The number of hydrogen-bond donors (Lipinski definition) is 0. The summed E-state index contributed by atoms with van der Waals surface area (Å²) in [5, 5.41) is 0. The van der Waals surface area contributed by atoms with E-state index in [2.05, 4.69) is 25.8 Å². The zero-order valence-corrected chi connectivity index (χ0v) is 16.9. The zero-order valence-electron chi connectivity index (χ0n) is 15.3. The van der Waals surface area contributed by atoms with Crippen LogP contribution in [0.1, 0.15) is 36.0 Å². The number of halogens is 1. The van der Waals surface area contributed by atoms with Crippen molar-refractivity contribution in [1.29, 1.82) is 0 Å². The molecule has 0 atom stereocenters. The van der Waals surface area contributed by atoms with Gasteiger partial charge in [-0.2, -0.15) is 0 Å². The van der Waals surface area contributed by atoms with E-state index >= 15 is 0 Å². The van der Waals surface area contributed by atoms with Crippen LogP contribution in [0, 0.1) is 0 Å². The molecular formula is C21H24BrN3O2. The molecule has 2 heterocycles. The molecule has 0 N–H and O–H groups in total. The van der Waals surface area contributed by atoms with Crippen molar-refractivity contribution in [3.63, 3.8) is 0 Å². The van der Waals surface area contributed by atoms with Crippen LogP contribution in [0.25, 0.3) is 0 Å². The Morgan fingerprint density at radius 2 is 1.85 bits per heavy atom. The third-order valence-corrected chi connectivity index (χ3v) is 5.94. The summed E-state index contributed by atoms with van der Waals surface area (Å²) in [5.74, 6) is 1.25. The van der Waals surface area contributed by atoms with E-state index in [9.17, 15) is 4.79 Å². The van der Waals surface area contributed by atoms with Crippen molar-refractivity contribution in [2.75, 3.05) is 26.2 Å². The van der Waals surface area contributed by atoms with Crippen molar-refractivity contribution in [2.45, 2.75) is 31.7 Å². The van der Waals surface area contributed by atoms with Gasteiger partial charge >= 0.3 is 0 Å². The van der Waals surface area contributed by atoms with Gasteiger partial charge < -0.3 is 9.64 Å². The minimum absolute atomic E-state index is 0.0579. The van der Waals surface area contributed by atoms with Crippen LogP contribution >= 0.6 is 15.9 Å². The summed E-state index contributed by atoms with van der Waals surface area (Å²) in [5.41, 5.74) is 0.617. The lowest BCUT2D eigenvalue weighted by Gasteiger charge is -2.38. The second-order valence-corrected chi connectivity index (χ2v) is 8.13. The van der Waals surface area contributed by atoms with Gasteiger partial charge in [0.2, 0.25) is 5.88 Å². The quantitative estimate of drug-likeness (QED) is 0.724. The molecule has 2 aliphatic rings. The van der Waals surface area contributed by atoms with Crippen molar-refractivity contribution >= 4 is 21.8 Å². The zero-order chi connectivity index (χ0) is 18.6. The summed E-state index contributed by atoms with van der Waals surface area (Å²) < 4.78 is 6.69. The standard InChI is InChI=1S/C21H24BrN3O2/c22-17-4-3-7-19(14-17)27-20-9-8-16(15-23-20)21(26)25-12-10-24(11-13-25)18-5-1-2-6-18/h3-4,7-9,14-15,18H,1-2,5-6,10-13H2. The number of aromatic nitrogens is 1. The highest BCUT2D eigenvalue weighted by atomic mass is 79.9. The van der Waals surface area contributed by atoms with Crippen LogP contribution in [-0.4, -0.2) is 52.9 Å². The van der Waals surface area contributed by atoms with Gasteiger partial charge in [0, 0.05) is 49.0 Å². The predicted molar refractivity (Wildman–Crippen MR) is 108 cm³/mol. The average molecular weight is 430 g/mol. The SMILES string of the molecule is O=C(c1ccc(Oc2cccc(Br)c2)nc1)N1CCN(C2CCCC2)CC1.